The number of nitrogens with one attached hydrogen (secondary N) is 1. The fourth-order valence-electron chi connectivity index (χ4n) is 1.82. The summed E-state index contributed by atoms with van der Waals surface area (Å²) < 4.78 is 5.69. The first-order valence-corrected chi connectivity index (χ1v) is 7.34. The number of halogens is 1. The van der Waals surface area contributed by atoms with Crippen molar-refractivity contribution in [3.8, 4) is 5.75 Å². The molecule has 114 valence electrons. The SMILES string of the molecule is CC(C)=CC(=O)Nc1ccc(OCc2ccc(Cl)cc2)cc1. The van der Waals surface area contributed by atoms with E-state index in [0.29, 0.717) is 11.6 Å². The van der Waals surface area contributed by atoms with E-state index in [4.69, 9.17) is 16.3 Å². The summed E-state index contributed by atoms with van der Waals surface area (Å²) in [7, 11) is 0. The van der Waals surface area contributed by atoms with Crippen LogP contribution < -0.4 is 10.1 Å². The van der Waals surface area contributed by atoms with Gasteiger partial charge in [-0.05, 0) is 55.8 Å². The molecule has 0 fully saturated rings. The maximum Gasteiger partial charge on any atom is 0.248 e. The summed E-state index contributed by atoms with van der Waals surface area (Å²) >= 11 is 5.84. The Morgan fingerprint density at radius 2 is 1.73 bits per heavy atom. The second kappa shape index (κ2) is 7.66. The largest absolute Gasteiger partial charge is 0.489 e. The predicted octanol–water partition coefficient (Wildman–Crippen LogP) is 4.82. The van der Waals surface area contributed by atoms with Gasteiger partial charge < -0.3 is 10.1 Å². The summed E-state index contributed by atoms with van der Waals surface area (Å²) in [4.78, 5) is 11.6. The second-order valence-corrected chi connectivity index (χ2v) is 5.59. The van der Waals surface area contributed by atoms with Gasteiger partial charge in [-0.25, -0.2) is 0 Å². The molecule has 2 aromatic rings. The van der Waals surface area contributed by atoms with Gasteiger partial charge >= 0.3 is 0 Å². The summed E-state index contributed by atoms with van der Waals surface area (Å²) in [6.45, 7) is 4.24. The summed E-state index contributed by atoms with van der Waals surface area (Å²) in [5, 5.41) is 3.50. The van der Waals surface area contributed by atoms with Crippen LogP contribution in [0.1, 0.15) is 19.4 Å². The molecule has 0 spiro atoms. The van der Waals surface area contributed by atoms with Crippen molar-refractivity contribution < 1.29 is 9.53 Å². The third-order valence-electron chi connectivity index (χ3n) is 2.86. The molecule has 0 saturated heterocycles. The lowest BCUT2D eigenvalue weighted by atomic mass is 10.2. The van der Waals surface area contributed by atoms with Gasteiger partial charge in [0.2, 0.25) is 5.91 Å². The van der Waals surface area contributed by atoms with E-state index in [9.17, 15) is 4.79 Å². The van der Waals surface area contributed by atoms with E-state index in [1.807, 2.05) is 62.4 Å². The Morgan fingerprint density at radius 3 is 2.32 bits per heavy atom. The lowest BCUT2D eigenvalue weighted by Crippen LogP contribution is -2.08. The highest BCUT2D eigenvalue weighted by atomic mass is 35.5. The molecule has 0 radical (unpaired) electrons. The van der Waals surface area contributed by atoms with E-state index in [0.717, 1.165) is 22.6 Å². The van der Waals surface area contributed by atoms with Crippen LogP contribution in [0.3, 0.4) is 0 Å². The van der Waals surface area contributed by atoms with Crippen LogP contribution in [0.25, 0.3) is 0 Å². The summed E-state index contributed by atoms with van der Waals surface area (Å²) in [6, 6.07) is 14.8. The van der Waals surface area contributed by atoms with Gasteiger partial charge in [-0.15, -0.1) is 0 Å². The van der Waals surface area contributed by atoms with E-state index in [-0.39, 0.29) is 5.91 Å². The van der Waals surface area contributed by atoms with Crippen molar-refractivity contribution in [3.63, 3.8) is 0 Å². The van der Waals surface area contributed by atoms with Crippen LogP contribution in [0.4, 0.5) is 5.69 Å². The van der Waals surface area contributed by atoms with Crippen molar-refractivity contribution in [2.24, 2.45) is 0 Å². The summed E-state index contributed by atoms with van der Waals surface area (Å²) in [5.74, 6) is 0.616. The fourth-order valence-corrected chi connectivity index (χ4v) is 1.95. The van der Waals surface area contributed by atoms with E-state index in [1.54, 1.807) is 6.08 Å². The Hall–Kier alpha value is -2.26. The van der Waals surface area contributed by atoms with Crippen LogP contribution in [0.5, 0.6) is 5.75 Å². The lowest BCUT2D eigenvalue weighted by Gasteiger charge is -2.08. The van der Waals surface area contributed by atoms with E-state index < -0.39 is 0 Å². The normalized spacial score (nSPS) is 9.95. The molecule has 2 rings (SSSR count). The highest BCUT2D eigenvalue weighted by Crippen LogP contribution is 2.18. The molecule has 0 heterocycles. The zero-order chi connectivity index (χ0) is 15.9. The second-order valence-electron chi connectivity index (χ2n) is 5.15. The Balaban J connectivity index is 1.90. The molecule has 0 aliphatic carbocycles. The first-order valence-electron chi connectivity index (χ1n) is 6.96. The molecule has 2 aromatic carbocycles. The Labute approximate surface area is 135 Å². The smallest absolute Gasteiger partial charge is 0.248 e. The summed E-state index contributed by atoms with van der Waals surface area (Å²) in [5.41, 5.74) is 2.74. The van der Waals surface area contributed by atoms with Gasteiger partial charge in [0.1, 0.15) is 12.4 Å². The molecule has 0 saturated carbocycles. The third kappa shape index (κ3) is 5.26. The fraction of sp³-hybridized carbons (Fsp3) is 0.167. The number of carbonyl (C=O) groups excluding carboxylic acids is 1. The number of rotatable bonds is 5. The predicted molar refractivity (Wildman–Crippen MR) is 90.3 cm³/mol. The Morgan fingerprint density at radius 1 is 1.09 bits per heavy atom. The van der Waals surface area contributed by atoms with Crippen molar-refractivity contribution in [1.82, 2.24) is 0 Å². The van der Waals surface area contributed by atoms with Crippen molar-refractivity contribution in [2.45, 2.75) is 20.5 Å². The van der Waals surface area contributed by atoms with E-state index >= 15 is 0 Å². The minimum absolute atomic E-state index is 0.130. The van der Waals surface area contributed by atoms with Crippen LogP contribution >= 0.6 is 11.6 Å². The van der Waals surface area contributed by atoms with Crippen molar-refractivity contribution in [2.75, 3.05) is 5.32 Å². The topological polar surface area (TPSA) is 38.3 Å². The monoisotopic (exact) mass is 315 g/mol. The molecule has 4 heteroatoms. The number of hydrogen-bond acceptors (Lipinski definition) is 2. The number of hydrogen-bond donors (Lipinski definition) is 1. The van der Waals surface area contributed by atoms with Gasteiger partial charge in [0.05, 0.1) is 0 Å². The first kappa shape index (κ1) is 16.1. The van der Waals surface area contributed by atoms with Gasteiger partial charge in [-0.3, -0.25) is 4.79 Å². The van der Waals surface area contributed by atoms with Gasteiger partial charge in [-0.2, -0.15) is 0 Å². The maximum absolute atomic E-state index is 11.6. The average Bonchev–Trinajstić information content (AvgIpc) is 2.47. The van der Waals surface area contributed by atoms with Gasteiger partial charge in [0, 0.05) is 16.8 Å². The third-order valence-corrected chi connectivity index (χ3v) is 3.11. The molecule has 1 amide bonds. The zero-order valence-electron chi connectivity index (χ0n) is 12.6. The molecular formula is C18H18ClNO2. The average molecular weight is 316 g/mol. The number of benzene rings is 2. The van der Waals surface area contributed by atoms with Gasteiger partial charge in [-0.1, -0.05) is 29.3 Å². The van der Waals surface area contributed by atoms with Crippen LogP contribution in [-0.4, -0.2) is 5.91 Å². The molecule has 0 bridgehead atoms. The van der Waals surface area contributed by atoms with Crippen LogP contribution in [0.2, 0.25) is 5.02 Å². The lowest BCUT2D eigenvalue weighted by molar-refractivity contribution is -0.111. The molecule has 0 atom stereocenters. The van der Waals surface area contributed by atoms with Crippen LogP contribution in [0.15, 0.2) is 60.2 Å². The standard InChI is InChI=1S/C18H18ClNO2/c1-13(2)11-18(21)20-16-7-9-17(10-8-16)22-12-14-3-5-15(19)6-4-14/h3-11H,12H2,1-2H3,(H,20,21). The van der Waals surface area contributed by atoms with Crippen molar-refractivity contribution >= 4 is 23.2 Å². The maximum atomic E-state index is 11.6. The highest BCUT2D eigenvalue weighted by molar-refractivity contribution is 6.30. The molecule has 0 aromatic heterocycles. The molecule has 22 heavy (non-hydrogen) atoms. The zero-order valence-corrected chi connectivity index (χ0v) is 13.4. The van der Waals surface area contributed by atoms with Crippen LogP contribution in [-0.2, 0) is 11.4 Å². The molecule has 0 unspecified atom stereocenters. The minimum atomic E-state index is -0.130. The summed E-state index contributed by atoms with van der Waals surface area (Å²) in [6.07, 6.45) is 1.56. The van der Waals surface area contributed by atoms with Crippen molar-refractivity contribution in [1.29, 1.82) is 0 Å². The van der Waals surface area contributed by atoms with Crippen molar-refractivity contribution in [3.05, 3.63) is 70.8 Å². The number of ether oxygens (including phenoxy) is 1. The number of allylic oxidation sites excluding steroid dienone is 1. The van der Waals surface area contributed by atoms with E-state index in [2.05, 4.69) is 5.32 Å². The van der Waals surface area contributed by atoms with Crippen LogP contribution in [0, 0.1) is 0 Å². The van der Waals surface area contributed by atoms with Gasteiger partial charge in [0.15, 0.2) is 0 Å². The minimum Gasteiger partial charge on any atom is -0.489 e. The highest BCUT2D eigenvalue weighted by Gasteiger charge is 2.00. The quantitative estimate of drug-likeness (QED) is 0.803. The molecular weight excluding hydrogens is 298 g/mol. The van der Waals surface area contributed by atoms with E-state index in [1.165, 1.54) is 0 Å². The molecule has 0 aliphatic heterocycles. The molecule has 1 N–H and O–H groups in total. The van der Waals surface area contributed by atoms with Gasteiger partial charge in [0.25, 0.3) is 0 Å². The molecule has 3 nitrogen and oxygen atoms in total. The first-order chi connectivity index (χ1) is 10.5. The Kier molecular flexibility index (Phi) is 5.61. The number of carbonyl (C=O) groups is 1. The Bertz CT molecular complexity index is 656. The number of anilines is 1. The molecule has 0 aliphatic rings. The number of amides is 1.